The Bertz CT molecular complexity index is 437. The molecule has 0 saturated carbocycles. The minimum Gasteiger partial charge on any atom is -0.480 e. The number of rotatable bonds is 3. The van der Waals surface area contributed by atoms with E-state index in [9.17, 15) is 9.59 Å². The summed E-state index contributed by atoms with van der Waals surface area (Å²) in [5.74, 6) is -1.58. The molecule has 0 spiro atoms. The zero-order chi connectivity index (χ0) is 12.3. The van der Waals surface area contributed by atoms with Crippen LogP contribution in [0.15, 0.2) is 21.3 Å². The van der Waals surface area contributed by atoms with Crippen molar-refractivity contribution in [3.05, 3.63) is 26.9 Å². The topological polar surface area (TPSA) is 79.3 Å². The van der Waals surface area contributed by atoms with Gasteiger partial charge in [-0.25, -0.2) is 4.98 Å². The molecule has 1 heterocycles. The summed E-state index contributed by atoms with van der Waals surface area (Å²) in [5.41, 5.74) is 0.280. The number of aromatic nitrogens is 1. The first kappa shape index (κ1) is 13.1. The summed E-state index contributed by atoms with van der Waals surface area (Å²) < 4.78 is 1.01. The van der Waals surface area contributed by atoms with E-state index in [-0.39, 0.29) is 5.56 Å². The van der Waals surface area contributed by atoms with Gasteiger partial charge < -0.3 is 10.4 Å². The summed E-state index contributed by atoms with van der Waals surface area (Å²) in [5, 5.41) is 11.0. The third-order valence-corrected chi connectivity index (χ3v) is 2.83. The molecule has 1 aromatic rings. The van der Waals surface area contributed by atoms with Crippen LogP contribution in [0, 0.1) is 0 Å². The van der Waals surface area contributed by atoms with E-state index in [2.05, 4.69) is 42.2 Å². The van der Waals surface area contributed by atoms with Gasteiger partial charge in [0, 0.05) is 10.7 Å². The van der Waals surface area contributed by atoms with E-state index < -0.39 is 17.9 Å². The van der Waals surface area contributed by atoms with Crippen LogP contribution >= 0.6 is 31.9 Å². The number of nitrogens with one attached hydrogen (secondary N) is 1. The molecule has 0 radical (unpaired) electrons. The van der Waals surface area contributed by atoms with E-state index in [0.29, 0.717) is 9.08 Å². The zero-order valence-electron chi connectivity index (χ0n) is 8.20. The van der Waals surface area contributed by atoms with Crippen LogP contribution in [-0.2, 0) is 4.79 Å². The minimum atomic E-state index is -1.09. The first-order valence-corrected chi connectivity index (χ1v) is 5.85. The number of aliphatic carboxylic acids is 1. The Kier molecular flexibility index (Phi) is 4.43. The van der Waals surface area contributed by atoms with Gasteiger partial charge in [-0.3, -0.25) is 9.59 Å². The van der Waals surface area contributed by atoms with Crippen LogP contribution in [-0.4, -0.2) is 28.0 Å². The Morgan fingerprint density at radius 1 is 1.50 bits per heavy atom. The third-order valence-electron chi connectivity index (χ3n) is 1.77. The van der Waals surface area contributed by atoms with E-state index in [4.69, 9.17) is 5.11 Å². The number of amides is 1. The third kappa shape index (κ3) is 3.28. The molecule has 1 rings (SSSR count). The smallest absolute Gasteiger partial charge is 0.325 e. The standard InChI is InChI=1S/C9H8Br2N2O3/c1-4(9(15)16)13-8(14)6-2-5(10)3-12-7(6)11/h2-4H,1H3,(H,13,14)(H,15,16)/t4-/m1/s1. The lowest BCUT2D eigenvalue weighted by atomic mass is 10.2. The highest BCUT2D eigenvalue weighted by atomic mass is 79.9. The fourth-order valence-electron chi connectivity index (χ4n) is 0.918. The molecule has 0 aliphatic rings. The van der Waals surface area contributed by atoms with Crippen molar-refractivity contribution >= 4 is 43.7 Å². The summed E-state index contributed by atoms with van der Waals surface area (Å²) in [4.78, 5) is 26.1. The molecule has 0 fully saturated rings. The number of nitrogens with zero attached hydrogens (tertiary/aromatic N) is 1. The molecule has 0 aliphatic carbocycles. The lowest BCUT2D eigenvalue weighted by Gasteiger charge is -2.10. The van der Waals surface area contributed by atoms with E-state index in [1.165, 1.54) is 13.1 Å². The molecular weight excluding hydrogens is 344 g/mol. The number of hydrogen-bond donors (Lipinski definition) is 2. The molecule has 16 heavy (non-hydrogen) atoms. The molecule has 0 bridgehead atoms. The van der Waals surface area contributed by atoms with Gasteiger partial charge in [0.2, 0.25) is 0 Å². The number of carbonyl (C=O) groups excluding carboxylic acids is 1. The molecule has 0 saturated heterocycles. The lowest BCUT2D eigenvalue weighted by molar-refractivity contribution is -0.138. The monoisotopic (exact) mass is 350 g/mol. The molecule has 1 amide bonds. The number of hydrogen-bond acceptors (Lipinski definition) is 3. The van der Waals surface area contributed by atoms with Crippen LogP contribution in [0.2, 0.25) is 0 Å². The van der Waals surface area contributed by atoms with E-state index in [0.717, 1.165) is 0 Å². The summed E-state index contributed by atoms with van der Waals surface area (Å²) >= 11 is 6.30. The summed E-state index contributed by atoms with van der Waals surface area (Å²) in [7, 11) is 0. The zero-order valence-corrected chi connectivity index (χ0v) is 11.4. The average molecular weight is 352 g/mol. The molecule has 2 N–H and O–H groups in total. The number of halogens is 2. The molecule has 1 atom stereocenters. The highest BCUT2D eigenvalue weighted by molar-refractivity contribution is 9.11. The SMILES string of the molecule is C[C@@H](NC(=O)c1cc(Br)cnc1Br)C(=O)O. The molecule has 7 heteroatoms. The van der Waals surface area contributed by atoms with Crippen LogP contribution in [0.1, 0.15) is 17.3 Å². The maximum Gasteiger partial charge on any atom is 0.325 e. The predicted molar refractivity (Wildman–Crippen MR) is 64.2 cm³/mol. The Morgan fingerprint density at radius 2 is 2.12 bits per heavy atom. The van der Waals surface area contributed by atoms with E-state index in [1.54, 1.807) is 6.07 Å². The van der Waals surface area contributed by atoms with Crippen molar-refractivity contribution in [2.75, 3.05) is 0 Å². The van der Waals surface area contributed by atoms with Crippen LogP contribution in [0.5, 0.6) is 0 Å². The van der Waals surface area contributed by atoms with Gasteiger partial charge in [-0.05, 0) is 44.8 Å². The second-order valence-corrected chi connectivity index (χ2v) is 4.69. The van der Waals surface area contributed by atoms with Crippen LogP contribution in [0.4, 0.5) is 0 Å². The Hall–Kier alpha value is -0.950. The highest BCUT2D eigenvalue weighted by Gasteiger charge is 2.17. The number of carboxylic acid groups (broad SMARTS) is 1. The minimum absolute atomic E-state index is 0.280. The van der Waals surface area contributed by atoms with Gasteiger partial charge in [0.1, 0.15) is 10.6 Å². The summed E-state index contributed by atoms with van der Waals surface area (Å²) in [6, 6.07) is 0.611. The predicted octanol–water partition coefficient (Wildman–Crippen LogP) is 1.81. The quantitative estimate of drug-likeness (QED) is 0.814. The number of pyridine rings is 1. The summed E-state index contributed by atoms with van der Waals surface area (Å²) in [6.45, 7) is 1.39. The van der Waals surface area contributed by atoms with Crippen molar-refractivity contribution in [3.63, 3.8) is 0 Å². The maximum atomic E-state index is 11.7. The van der Waals surface area contributed by atoms with Crippen molar-refractivity contribution in [1.29, 1.82) is 0 Å². The van der Waals surface area contributed by atoms with Gasteiger partial charge in [-0.1, -0.05) is 0 Å². The maximum absolute atomic E-state index is 11.7. The van der Waals surface area contributed by atoms with Crippen molar-refractivity contribution in [2.45, 2.75) is 13.0 Å². The first-order valence-electron chi connectivity index (χ1n) is 4.26. The van der Waals surface area contributed by atoms with Gasteiger partial charge in [-0.2, -0.15) is 0 Å². The van der Waals surface area contributed by atoms with Crippen LogP contribution < -0.4 is 5.32 Å². The highest BCUT2D eigenvalue weighted by Crippen LogP contribution is 2.18. The fraction of sp³-hybridized carbons (Fsp3) is 0.222. The van der Waals surface area contributed by atoms with Gasteiger partial charge in [-0.15, -0.1) is 0 Å². The normalized spacial score (nSPS) is 11.9. The molecule has 5 nitrogen and oxygen atoms in total. The van der Waals surface area contributed by atoms with E-state index in [1.807, 2.05) is 0 Å². The van der Waals surface area contributed by atoms with Crippen LogP contribution in [0.3, 0.4) is 0 Å². The van der Waals surface area contributed by atoms with Crippen molar-refractivity contribution in [3.8, 4) is 0 Å². The molecular formula is C9H8Br2N2O3. The lowest BCUT2D eigenvalue weighted by Crippen LogP contribution is -2.38. The summed E-state index contributed by atoms with van der Waals surface area (Å²) in [6.07, 6.45) is 1.53. The van der Waals surface area contributed by atoms with Crippen molar-refractivity contribution in [2.24, 2.45) is 0 Å². The Labute approximate surface area is 109 Å². The van der Waals surface area contributed by atoms with Gasteiger partial charge >= 0.3 is 5.97 Å². The Balaban J connectivity index is 2.88. The number of carboxylic acids is 1. The number of carbonyl (C=O) groups is 2. The van der Waals surface area contributed by atoms with Gasteiger partial charge in [0.15, 0.2) is 0 Å². The fourth-order valence-corrected chi connectivity index (χ4v) is 1.65. The van der Waals surface area contributed by atoms with Crippen molar-refractivity contribution in [1.82, 2.24) is 10.3 Å². The average Bonchev–Trinajstić information content (AvgIpc) is 2.21. The van der Waals surface area contributed by atoms with Gasteiger partial charge in [0.05, 0.1) is 5.56 Å². The van der Waals surface area contributed by atoms with Crippen LogP contribution in [0.25, 0.3) is 0 Å². The first-order chi connectivity index (χ1) is 7.41. The Morgan fingerprint density at radius 3 is 2.69 bits per heavy atom. The largest absolute Gasteiger partial charge is 0.480 e. The molecule has 0 aliphatic heterocycles. The second-order valence-electron chi connectivity index (χ2n) is 3.03. The molecule has 0 aromatic carbocycles. The molecule has 1 aromatic heterocycles. The van der Waals surface area contributed by atoms with Gasteiger partial charge in [0.25, 0.3) is 5.91 Å². The second kappa shape index (κ2) is 5.40. The molecule has 0 unspecified atom stereocenters. The van der Waals surface area contributed by atoms with Crippen molar-refractivity contribution < 1.29 is 14.7 Å². The van der Waals surface area contributed by atoms with E-state index >= 15 is 0 Å². The molecule has 86 valence electrons.